The van der Waals surface area contributed by atoms with Gasteiger partial charge in [0.2, 0.25) is 0 Å². The molecule has 0 aromatic carbocycles. The summed E-state index contributed by atoms with van der Waals surface area (Å²) in [7, 11) is 0. The van der Waals surface area contributed by atoms with Crippen LogP contribution in [0.3, 0.4) is 0 Å². The minimum Gasteiger partial charge on any atom is -0.338 e. The van der Waals surface area contributed by atoms with Crippen LogP contribution >= 0.6 is 0 Å². The highest BCUT2D eigenvalue weighted by Gasteiger charge is 2.45. The summed E-state index contributed by atoms with van der Waals surface area (Å²) < 4.78 is 0. The van der Waals surface area contributed by atoms with Crippen LogP contribution < -0.4 is 11.1 Å². The van der Waals surface area contributed by atoms with Gasteiger partial charge >= 0.3 is 6.03 Å². The van der Waals surface area contributed by atoms with Crippen LogP contribution in [0, 0.1) is 5.92 Å². The Morgan fingerprint density at radius 2 is 2.38 bits per heavy atom. The predicted octanol–water partition coefficient (Wildman–Crippen LogP) is 0.137. The first-order valence-corrected chi connectivity index (χ1v) is 5.02. The van der Waals surface area contributed by atoms with Crippen LogP contribution in [0.4, 0.5) is 4.79 Å². The van der Waals surface area contributed by atoms with E-state index in [1.165, 1.54) is 0 Å². The number of nitrogens with zero attached hydrogens (tertiary/aromatic N) is 1. The van der Waals surface area contributed by atoms with Crippen molar-refractivity contribution < 1.29 is 4.79 Å². The van der Waals surface area contributed by atoms with Crippen LogP contribution in [0.15, 0.2) is 0 Å². The average molecular weight is 183 g/mol. The first kappa shape index (κ1) is 8.81. The third-order valence-electron chi connectivity index (χ3n) is 3.12. The number of carbonyl (C=O) groups excluding carboxylic acids is 1. The zero-order chi connectivity index (χ0) is 9.42. The van der Waals surface area contributed by atoms with Gasteiger partial charge in [-0.25, -0.2) is 4.79 Å². The lowest BCUT2D eigenvalue weighted by Crippen LogP contribution is -2.51. The molecule has 2 bridgehead atoms. The minimum atomic E-state index is 0.0603. The molecule has 0 aromatic heterocycles. The molecule has 3 atom stereocenters. The number of piperidine rings is 1. The lowest BCUT2D eigenvalue weighted by atomic mass is 10.1. The van der Waals surface area contributed by atoms with Gasteiger partial charge in [0.1, 0.15) is 0 Å². The first-order valence-electron chi connectivity index (χ1n) is 5.02. The van der Waals surface area contributed by atoms with Crippen LogP contribution in [0.2, 0.25) is 0 Å². The quantitative estimate of drug-likeness (QED) is 0.607. The van der Waals surface area contributed by atoms with E-state index in [1.54, 1.807) is 0 Å². The second-order valence-electron chi connectivity index (χ2n) is 4.06. The Morgan fingerprint density at radius 1 is 1.62 bits per heavy atom. The zero-order valence-corrected chi connectivity index (χ0v) is 7.99. The third-order valence-corrected chi connectivity index (χ3v) is 3.12. The molecule has 1 aliphatic heterocycles. The Bertz CT molecular complexity index is 219. The first-order chi connectivity index (χ1) is 6.22. The lowest BCUT2D eigenvalue weighted by molar-refractivity contribution is 0.174. The summed E-state index contributed by atoms with van der Waals surface area (Å²) in [5.74, 6) is 0.655. The normalized spacial score (nSPS) is 36.8. The van der Waals surface area contributed by atoms with Crippen LogP contribution in [0.25, 0.3) is 0 Å². The maximum Gasteiger partial charge on any atom is 0.317 e. The van der Waals surface area contributed by atoms with E-state index in [0.717, 1.165) is 19.4 Å². The van der Waals surface area contributed by atoms with E-state index >= 15 is 0 Å². The van der Waals surface area contributed by atoms with Crippen molar-refractivity contribution in [2.45, 2.75) is 31.8 Å². The Kier molecular flexibility index (Phi) is 2.15. The summed E-state index contributed by atoms with van der Waals surface area (Å²) in [6, 6.07) is 0.572. The van der Waals surface area contributed by atoms with Crippen LogP contribution in [0.1, 0.15) is 19.8 Å². The molecule has 2 aliphatic rings. The number of urea groups is 1. The van der Waals surface area contributed by atoms with Gasteiger partial charge < -0.3 is 16.0 Å². The van der Waals surface area contributed by atoms with Gasteiger partial charge in [-0.15, -0.1) is 0 Å². The van der Waals surface area contributed by atoms with Crippen molar-refractivity contribution >= 4 is 6.03 Å². The zero-order valence-electron chi connectivity index (χ0n) is 7.99. The van der Waals surface area contributed by atoms with Gasteiger partial charge in [-0.2, -0.15) is 0 Å². The molecule has 2 amide bonds. The van der Waals surface area contributed by atoms with Gasteiger partial charge in [-0.05, 0) is 25.7 Å². The Balaban J connectivity index is 1.99. The fraction of sp³-hybridized carbons (Fsp3) is 0.889. The summed E-state index contributed by atoms with van der Waals surface area (Å²) in [4.78, 5) is 13.4. The molecule has 3 unspecified atom stereocenters. The molecule has 1 saturated carbocycles. The number of likely N-dealkylation sites (tertiary alicyclic amines) is 1. The largest absolute Gasteiger partial charge is 0.338 e. The number of nitrogens with one attached hydrogen (secondary N) is 1. The Morgan fingerprint density at radius 3 is 2.92 bits per heavy atom. The van der Waals surface area contributed by atoms with Crippen LogP contribution in [0.5, 0.6) is 0 Å². The minimum absolute atomic E-state index is 0.0603. The maximum absolute atomic E-state index is 11.5. The average Bonchev–Trinajstić information content (AvgIpc) is 2.62. The van der Waals surface area contributed by atoms with Gasteiger partial charge in [0.25, 0.3) is 0 Å². The smallest absolute Gasteiger partial charge is 0.317 e. The number of carbonyl (C=O) groups is 1. The van der Waals surface area contributed by atoms with E-state index < -0.39 is 0 Å². The highest BCUT2D eigenvalue weighted by atomic mass is 16.2. The molecule has 0 aromatic rings. The number of hydrogen-bond donors (Lipinski definition) is 2. The van der Waals surface area contributed by atoms with Crippen molar-refractivity contribution in [3.05, 3.63) is 0 Å². The van der Waals surface area contributed by atoms with E-state index in [2.05, 4.69) is 5.32 Å². The lowest BCUT2D eigenvalue weighted by Gasteiger charge is -2.31. The van der Waals surface area contributed by atoms with Crippen molar-refractivity contribution in [1.29, 1.82) is 0 Å². The predicted molar refractivity (Wildman–Crippen MR) is 50.3 cm³/mol. The Labute approximate surface area is 78.5 Å². The molecule has 4 nitrogen and oxygen atoms in total. The topological polar surface area (TPSA) is 58.4 Å². The fourth-order valence-corrected chi connectivity index (χ4v) is 2.56. The number of hydrogen-bond acceptors (Lipinski definition) is 2. The molecule has 74 valence electrons. The molecule has 1 saturated heterocycles. The molecule has 3 N–H and O–H groups in total. The van der Waals surface area contributed by atoms with Crippen molar-refractivity contribution in [2.24, 2.45) is 11.7 Å². The molecular weight excluding hydrogens is 166 g/mol. The van der Waals surface area contributed by atoms with Crippen molar-refractivity contribution in [3.8, 4) is 0 Å². The van der Waals surface area contributed by atoms with E-state index in [9.17, 15) is 4.79 Å². The molecule has 1 heterocycles. The number of fused-ring (bicyclic) bond motifs is 2. The summed E-state index contributed by atoms with van der Waals surface area (Å²) in [6.45, 7) is 3.54. The van der Waals surface area contributed by atoms with E-state index in [0.29, 0.717) is 18.5 Å². The van der Waals surface area contributed by atoms with Crippen molar-refractivity contribution in [3.63, 3.8) is 0 Å². The molecule has 2 rings (SSSR count). The number of amides is 2. The molecule has 1 aliphatic carbocycles. The van der Waals surface area contributed by atoms with Gasteiger partial charge in [-0.1, -0.05) is 0 Å². The van der Waals surface area contributed by atoms with Crippen molar-refractivity contribution in [1.82, 2.24) is 10.2 Å². The van der Waals surface area contributed by atoms with E-state index in [1.807, 2.05) is 11.8 Å². The third kappa shape index (κ3) is 1.39. The summed E-state index contributed by atoms with van der Waals surface area (Å²) in [5, 5.41) is 2.82. The van der Waals surface area contributed by atoms with Crippen molar-refractivity contribution in [2.75, 3.05) is 13.1 Å². The summed E-state index contributed by atoms with van der Waals surface area (Å²) >= 11 is 0. The van der Waals surface area contributed by atoms with Gasteiger partial charge in [-0.3, -0.25) is 0 Å². The highest BCUT2D eigenvalue weighted by molar-refractivity contribution is 5.75. The van der Waals surface area contributed by atoms with Crippen LogP contribution in [-0.4, -0.2) is 36.1 Å². The fourth-order valence-electron chi connectivity index (χ4n) is 2.56. The van der Waals surface area contributed by atoms with E-state index in [4.69, 9.17) is 5.73 Å². The summed E-state index contributed by atoms with van der Waals surface area (Å²) in [6.07, 6.45) is 2.21. The van der Waals surface area contributed by atoms with Gasteiger partial charge in [0, 0.05) is 25.2 Å². The van der Waals surface area contributed by atoms with E-state index in [-0.39, 0.29) is 12.1 Å². The van der Waals surface area contributed by atoms with Gasteiger partial charge in [0.15, 0.2) is 0 Å². The molecule has 0 spiro atoms. The Hall–Kier alpha value is -0.770. The molecule has 4 heteroatoms. The highest BCUT2D eigenvalue weighted by Crippen LogP contribution is 2.36. The molecule has 13 heavy (non-hydrogen) atoms. The molecular formula is C9H17N3O. The molecule has 0 radical (unpaired) electrons. The standard InChI is InChI=1S/C9H17N3O/c1-2-11-9(13)12-5-6-3-7(10)8(12)4-6/h6-8H,2-5,10H2,1H3,(H,11,13). The SMILES string of the molecule is CCNC(=O)N1CC2CC(N)C1C2. The second kappa shape index (κ2) is 3.18. The van der Waals surface area contributed by atoms with Gasteiger partial charge in [0.05, 0.1) is 0 Å². The monoisotopic (exact) mass is 183 g/mol. The summed E-state index contributed by atoms with van der Waals surface area (Å²) in [5.41, 5.74) is 5.92. The van der Waals surface area contributed by atoms with Crippen LogP contribution in [-0.2, 0) is 0 Å². The number of nitrogens with two attached hydrogens (primary N) is 1. The number of rotatable bonds is 1. The maximum atomic E-state index is 11.5. The second-order valence-corrected chi connectivity index (χ2v) is 4.06. The molecule has 2 fully saturated rings.